The molecule has 2 aromatic heterocycles. The molecule has 5 rings (SSSR count). The zero-order valence-corrected chi connectivity index (χ0v) is 19.0. The molecule has 0 aliphatic heterocycles. The molecule has 160 valence electrons. The van der Waals surface area contributed by atoms with Gasteiger partial charge in [-0.15, -0.1) is 11.3 Å². The van der Waals surface area contributed by atoms with E-state index in [2.05, 4.69) is 57.5 Å². The highest BCUT2D eigenvalue weighted by atomic mass is 32.1. The summed E-state index contributed by atoms with van der Waals surface area (Å²) in [6.45, 7) is 1.85. The van der Waals surface area contributed by atoms with Gasteiger partial charge in [0.25, 0.3) is 0 Å². The second-order valence-electron chi connectivity index (χ2n) is 7.33. The summed E-state index contributed by atoms with van der Waals surface area (Å²) in [6, 6.07) is 28.6. The largest absolute Gasteiger partial charge is 0.489 e. The summed E-state index contributed by atoms with van der Waals surface area (Å²) in [7, 11) is 0. The molecular weight excluding hydrogens is 436 g/mol. The SMILES string of the molecule is c1ccc(COc2ccc3snc(NCc4ccc(OCc5cccs5)cc4)c3c2)cc1. The van der Waals surface area contributed by atoms with Crippen LogP contribution in [-0.2, 0) is 19.8 Å². The lowest BCUT2D eigenvalue weighted by atomic mass is 10.2. The third-order valence-electron chi connectivity index (χ3n) is 5.03. The Morgan fingerprint density at radius 1 is 0.750 bits per heavy atom. The Balaban J connectivity index is 1.20. The maximum Gasteiger partial charge on any atom is 0.147 e. The van der Waals surface area contributed by atoms with Crippen LogP contribution in [0.4, 0.5) is 5.82 Å². The molecule has 4 nitrogen and oxygen atoms in total. The number of hydrogen-bond acceptors (Lipinski definition) is 6. The molecule has 0 saturated carbocycles. The average molecular weight is 459 g/mol. The first kappa shape index (κ1) is 20.5. The van der Waals surface area contributed by atoms with Crippen molar-refractivity contribution in [3.8, 4) is 11.5 Å². The molecule has 0 saturated heterocycles. The van der Waals surface area contributed by atoms with E-state index in [0.717, 1.165) is 33.0 Å². The van der Waals surface area contributed by atoms with Gasteiger partial charge in [0.15, 0.2) is 0 Å². The molecule has 0 bridgehead atoms. The molecule has 0 aliphatic carbocycles. The van der Waals surface area contributed by atoms with Gasteiger partial charge in [0.2, 0.25) is 0 Å². The van der Waals surface area contributed by atoms with Gasteiger partial charge in [-0.2, -0.15) is 4.37 Å². The number of anilines is 1. The molecule has 0 fully saturated rings. The Morgan fingerprint density at radius 2 is 1.56 bits per heavy atom. The fourth-order valence-electron chi connectivity index (χ4n) is 3.31. The number of aromatic nitrogens is 1. The molecule has 0 spiro atoms. The fourth-order valence-corrected chi connectivity index (χ4v) is 4.67. The predicted octanol–water partition coefficient (Wildman–Crippen LogP) is 7.13. The van der Waals surface area contributed by atoms with Crippen molar-refractivity contribution in [2.24, 2.45) is 0 Å². The number of thiophene rings is 1. The van der Waals surface area contributed by atoms with Crippen molar-refractivity contribution < 1.29 is 9.47 Å². The summed E-state index contributed by atoms with van der Waals surface area (Å²) >= 11 is 3.20. The van der Waals surface area contributed by atoms with Gasteiger partial charge in [-0.1, -0.05) is 48.5 Å². The number of nitrogens with zero attached hydrogens (tertiary/aromatic N) is 1. The van der Waals surface area contributed by atoms with Crippen LogP contribution in [0, 0.1) is 0 Å². The van der Waals surface area contributed by atoms with Crippen molar-refractivity contribution in [2.75, 3.05) is 5.32 Å². The van der Waals surface area contributed by atoms with E-state index in [4.69, 9.17) is 9.47 Å². The van der Waals surface area contributed by atoms with Gasteiger partial charge < -0.3 is 14.8 Å². The van der Waals surface area contributed by atoms with E-state index in [9.17, 15) is 0 Å². The topological polar surface area (TPSA) is 43.4 Å². The van der Waals surface area contributed by atoms with E-state index in [1.807, 2.05) is 42.5 Å². The summed E-state index contributed by atoms with van der Waals surface area (Å²) in [5.41, 5.74) is 2.32. The molecule has 1 N–H and O–H groups in total. The molecule has 0 radical (unpaired) electrons. The molecule has 3 aromatic carbocycles. The van der Waals surface area contributed by atoms with Crippen LogP contribution in [0.2, 0.25) is 0 Å². The van der Waals surface area contributed by atoms with Gasteiger partial charge in [0, 0.05) is 16.8 Å². The van der Waals surface area contributed by atoms with Gasteiger partial charge >= 0.3 is 0 Å². The van der Waals surface area contributed by atoms with E-state index in [-0.39, 0.29) is 0 Å². The summed E-state index contributed by atoms with van der Waals surface area (Å²) in [5.74, 6) is 2.60. The highest BCUT2D eigenvalue weighted by Crippen LogP contribution is 2.31. The lowest BCUT2D eigenvalue weighted by Gasteiger charge is -2.08. The lowest BCUT2D eigenvalue weighted by Crippen LogP contribution is -2.00. The molecule has 2 heterocycles. The van der Waals surface area contributed by atoms with E-state index < -0.39 is 0 Å². The minimum absolute atomic E-state index is 0.549. The van der Waals surface area contributed by atoms with Crippen molar-refractivity contribution in [3.63, 3.8) is 0 Å². The van der Waals surface area contributed by atoms with Crippen molar-refractivity contribution in [1.29, 1.82) is 0 Å². The molecule has 0 atom stereocenters. The van der Waals surface area contributed by atoms with Crippen LogP contribution >= 0.6 is 22.9 Å². The molecule has 0 unspecified atom stereocenters. The molecule has 0 aliphatic rings. The number of benzene rings is 3. The van der Waals surface area contributed by atoms with Crippen molar-refractivity contribution >= 4 is 38.8 Å². The first-order valence-electron chi connectivity index (χ1n) is 10.4. The minimum atomic E-state index is 0.549. The van der Waals surface area contributed by atoms with Gasteiger partial charge in [-0.05, 0) is 64.4 Å². The van der Waals surface area contributed by atoms with Crippen LogP contribution in [0.1, 0.15) is 16.0 Å². The smallest absolute Gasteiger partial charge is 0.147 e. The van der Waals surface area contributed by atoms with E-state index in [0.29, 0.717) is 19.8 Å². The normalized spacial score (nSPS) is 10.9. The second kappa shape index (κ2) is 9.85. The molecule has 32 heavy (non-hydrogen) atoms. The summed E-state index contributed by atoms with van der Waals surface area (Å²) in [5, 5.41) is 6.61. The van der Waals surface area contributed by atoms with Crippen molar-refractivity contribution in [2.45, 2.75) is 19.8 Å². The van der Waals surface area contributed by atoms with Crippen LogP contribution in [0.5, 0.6) is 11.5 Å². The van der Waals surface area contributed by atoms with E-state index in [1.165, 1.54) is 22.0 Å². The first-order valence-corrected chi connectivity index (χ1v) is 12.0. The maximum absolute atomic E-state index is 5.99. The Morgan fingerprint density at radius 3 is 2.38 bits per heavy atom. The first-order chi connectivity index (χ1) is 15.8. The van der Waals surface area contributed by atoms with Crippen LogP contribution < -0.4 is 14.8 Å². The standard InChI is InChI=1S/C26H22N2O2S2/c1-2-5-20(6-3-1)17-29-22-12-13-25-24(15-22)26(28-32-25)27-16-19-8-10-21(11-9-19)30-18-23-7-4-14-31-23/h1-15H,16-18H2,(H,27,28). The molecular formula is C26H22N2O2S2. The number of fused-ring (bicyclic) bond motifs is 1. The van der Waals surface area contributed by atoms with Crippen LogP contribution in [0.15, 0.2) is 90.3 Å². The van der Waals surface area contributed by atoms with Gasteiger partial charge in [0.05, 0.1) is 4.70 Å². The maximum atomic E-state index is 5.99. The third-order valence-corrected chi connectivity index (χ3v) is 6.71. The Hall–Kier alpha value is -3.35. The molecule has 6 heteroatoms. The highest BCUT2D eigenvalue weighted by Gasteiger charge is 2.08. The van der Waals surface area contributed by atoms with Gasteiger partial charge in [-0.25, -0.2) is 0 Å². The van der Waals surface area contributed by atoms with Gasteiger partial charge in [0.1, 0.15) is 30.5 Å². The fraction of sp³-hybridized carbons (Fsp3) is 0.115. The highest BCUT2D eigenvalue weighted by molar-refractivity contribution is 7.13. The Labute approximate surface area is 195 Å². The Kier molecular flexibility index (Phi) is 6.32. The van der Waals surface area contributed by atoms with E-state index in [1.54, 1.807) is 11.3 Å². The number of ether oxygens (including phenoxy) is 2. The third kappa shape index (κ3) is 5.10. The zero-order chi connectivity index (χ0) is 21.6. The molecule has 0 amide bonds. The van der Waals surface area contributed by atoms with Gasteiger partial charge in [-0.3, -0.25) is 0 Å². The van der Waals surface area contributed by atoms with Crippen LogP contribution in [-0.4, -0.2) is 4.37 Å². The van der Waals surface area contributed by atoms with E-state index >= 15 is 0 Å². The van der Waals surface area contributed by atoms with Crippen molar-refractivity contribution in [3.05, 3.63) is 106 Å². The Bertz CT molecular complexity index is 1270. The minimum Gasteiger partial charge on any atom is -0.489 e. The second-order valence-corrected chi connectivity index (χ2v) is 9.17. The quantitative estimate of drug-likeness (QED) is 0.255. The number of hydrogen-bond donors (Lipinski definition) is 1. The van der Waals surface area contributed by atoms with Crippen LogP contribution in [0.3, 0.4) is 0 Å². The number of nitrogens with one attached hydrogen (secondary N) is 1. The van der Waals surface area contributed by atoms with Crippen molar-refractivity contribution in [1.82, 2.24) is 4.37 Å². The summed E-state index contributed by atoms with van der Waals surface area (Å²) in [6.07, 6.45) is 0. The number of rotatable bonds is 9. The molecule has 5 aromatic rings. The predicted molar refractivity (Wildman–Crippen MR) is 133 cm³/mol. The average Bonchev–Trinajstić information content (AvgIpc) is 3.51. The van der Waals surface area contributed by atoms with Crippen LogP contribution in [0.25, 0.3) is 10.1 Å². The summed E-state index contributed by atoms with van der Waals surface area (Å²) < 4.78 is 17.6. The zero-order valence-electron chi connectivity index (χ0n) is 17.4. The lowest BCUT2D eigenvalue weighted by molar-refractivity contribution is 0.306. The monoisotopic (exact) mass is 458 g/mol. The summed E-state index contributed by atoms with van der Waals surface area (Å²) in [4.78, 5) is 1.22.